The van der Waals surface area contributed by atoms with Gasteiger partial charge in [0, 0.05) is 14.9 Å². The SMILES string of the molecule is CSc1cc(CBr)c2cc(Br)sc2c1. The van der Waals surface area contributed by atoms with E-state index < -0.39 is 0 Å². The Bertz CT molecular complexity index is 462. The van der Waals surface area contributed by atoms with Crippen molar-refractivity contribution in [3.8, 4) is 0 Å². The molecule has 0 radical (unpaired) electrons. The van der Waals surface area contributed by atoms with E-state index in [0.717, 1.165) is 5.33 Å². The molecule has 0 aliphatic carbocycles. The molecule has 0 saturated heterocycles. The third-order valence-electron chi connectivity index (χ3n) is 2.05. The lowest BCUT2D eigenvalue weighted by Crippen LogP contribution is -1.79. The van der Waals surface area contributed by atoms with Crippen LogP contribution in [0.5, 0.6) is 0 Å². The van der Waals surface area contributed by atoms with E-state index >= 15 is 0 Å². The molecular weight excluding hydrogens is 344 g/mol. The standard InChI is InChI=1S/C10H8Br2S2/c1-13-7-2-6(5-11)8-4-10(12)14-9(8)3-7/h2-4H,5H2,1H3. The number of hydrogen-bond acceptors (Lipinski definition) is 2. The Balaban J connectivity index is 2.72. The number of alkyl halides is 1. The molecule has 0 fully saturated rings. The van der Waals surface area contributed by atoms with Crippen molar-refractivity contribution in [1.29, 1.82) is 0 Å². The number of thioether (sulfide) groups is 1. The number of fused-ring (bicyclic) bond motifs is 1. The van der Waals surface area contributed by atoms with Gasteiger partial charge in [-0.15, -0.1) is 23.1 Å². The van der Waals surface area contributed by atoms with Gasteiger partial charge in [0.1, 0.15) is 0 Å². The van der Waals surface area contributed by atoms with Crippen LogP contribution in [-0.2, 0) is 5.33 Å². The first-order chi connectivity index (χ1) is 6.74. The third-order valence-corrected chi connectivity index (χ3v) is 4.94. The lowest BCUT2D eigenvalue weighted by molar-refractivity contribution is 1.40. The van der Waals surface area contributed by atoms with E-state index in [4.69, 9.17) is 0 Å². The van der Waals surface area contributed by atoms with Gasteiger partial charge in [-0.1, -0.05) is 15.9 Å². The molecule has 0 bridgehead atoms. The average molecular weight is 352 g/mol. The highest BCUT2D eigenvalue weighted by atomic mass is 79.9. The van der Waals surface area contributed by atoms with E-state index in [-0.39, 0.29) is 0 Å². The van der Waals surface area contributed by atoms with Gasteiger partial charge in [0.25, 0.3) is 0 Å². The van der Waals surface area contributed by atoms with E-state index in [1.165, 1.54) is 24.3 Å². The Kier molecular flexibility index (Phi) is 3.58. The number of benzene rings is 1. The van der Waals surface area contributed by atoms with E-state index in [1.807, 2.05) is 0 Å². The van der Waals surface area contributed by atoms with Crippen molar-refractivity contribution in [1.82, 2.24) is 0 Å². The highest BCUT2D eigenvalue weighted by Gasteiger charge is 2.06. The van der Waals surface area contributed by atoms with Gasteiger partial charge in [0.05, 0.1) is 3.79 Å². The second-order valence-electron chi connectivity index (χ2n) is 2.88. The number of hydrogen-bond donors (Lipinski definition) is 0. The van der Waals surface area contributed by atoms with E-state index in [2.05, 4.69) is 56.3 Å². The first-order valence-corrected chi connectivity index (χ1v) is 8.02. The fourth-order valence-electron chi connectivity index (χ4n) is 1.38. The molecule has 0 amide bonds. The Hall–Kier alpha value is 0.490. The molecular formula is C10H8Br2S2. The van der Waals surface area contributed by atoms with Gasteiger partial charge in [-0.3, -0.25) is 0 Å². The fraction of sp³-hybridized carbons (Fsp3) is 0.200. The topological polar surface area (TPSA) is 0 Å². The van der Waals surface area contributed by atoms with Crippen LogP contribution in [-0.4, -0.2) is 6.26 Å². The highest BCUT2D eigenvalue weighted by molar-refractivity contribution is 9.11. The molecule has 0 aliphatic heterocycles. The highest BCUT2D eigenvalue weighted by Crippen LogP contribution is 2.35. The molecule has 2 aromatic rings. The van der Waals surface area contributed by atoms with Crippen molar-refractivity contribution in [3.63, 3.8) is 0 Å². The maximum absolute atomic E-state index is 3.53. The molecule has 14 heavy (non-hydrogen) atoms. The van der Waals surface area contributed by atoms with Crippen LogP contribution in [0, 0.1) is 0 Å². The quantitative estimate of drug-likeness (QED) is 0.523. The molecule has 2 rings (SSSR count). The Morgan fingerprint density at radius 3 is 2.79 bits per heavy atom. The summed E-state index contributed by atoms with van der Waals surface area (Å²) in [6.07, 6.45) is 2.11. The molecule has 0 atom stereocenters. The van der Waals surface area contributed by atoms with Crippen LogP contribution in [0.4, 0.5) is 0 Å². The summed E-state index contributed by atoms with van der Waals surface area (Å²) in [5.41, 5.74) is 1.37. The largest absolute Gasteiger partial charge is 0.130 e. The smallest absolute Gasteiger partial charge is 0.0711 e. The molecule has 74 valence electrons. The van der Waals surface area contributed by atoms with Crippen LogP contribution >= 0.6 is 55.0 Å². The van der Waals surface area contributed by atoms with Crippen molar-refractivity contribution < 1.29 is 0 Å². The molecule has 4 heteroatoms. The first kappa shape index (κ1) is 11.0. The maximum Gasteiger partial charge on any atom is 0.0711 e. The summed E-state index contributed by atoms with van der Waals surface area (Å²) in [7, 11) is 0. The number of thiophene rings is 1. The molecule has 0 spiro atoms. The van der Waals surface area contributed by atoms with E-state index in [1.54, 1.807) is 23.1 Å². The van der Waals surface area contributed by atoms with E-state index in [9.17, 15) is 0 Å². The summed E-state index contributed by atoms with van der Waals surface area (Å²) in [4.78, 5) is 1.33. The fourth-order valence-corrected chi connectivity index (χ4v) is 4.04. The van der Waals surface area contributed by atoms with Gasteiger partial charge in [0.15, 0.2) is 0 Å². The predicted molar refractivity (Wildman–Crippen MR) is 73.9 cm³/mol. The first-order valence-electron chi connectivity index (χ1n) is 4.06. The minimum Gasteiger partial charge on any atom is -0.130 e. The zero-order chi connectivity index (χ0) is 10.1. The second-order valence-corrected chi connectivity index (χ2v) is 6.79. The van der Waals surface area contributed by atoms with Crippen LogP contribution < -0.4 is 0 Å². The zero-order valence-corrected chi connectivity index (χ0v) is 12.3. The predicted octanol–water partition coefficient (Wildman–Crippen LogP) is 5.28. The Morgan fingerprint density at radius 2 is 2.14 bits per heavy atom. The van der Waals surface area contributed by atoms with Crippen LogP contribution in [0.1, 0.15) is 5.56 Å². The van der Waals surface area contributed by atoms with Crippen molar-refractivity contribution in [2.24, 2.45) is 0 Å². The molecule has 0 nitrogen and oxygen atoms in total. The lowest BCUT2D eigenvalue weighted by Gasteiger charge is -2.02. The van der Waals surface area contributed by atoms with Gasteiger partial charge < -0.3 is 0 Å². The molecule has 1 heterocycles. The van der Waals surface area contributed by atoms with Gasteiger partial charge in [0.2, 0.25) is 0 Å². The van der Waals surface area contributed by atoms with Crippen LogP contribution in [0.2, 0.25) is 0 Å². The minimum absolute atomic E-state index is 0.918. The van der Waals surface area contributed by atoms with Crippen molar-refractivity contribution in [3.05, 3.63) is 27.5 Å². The number of rotatable bonds is 2. The summed E-state index contributed by atoms with van der Waals surface area (Å²) in [6.45, 7) is 0. The summed E-state index contributed by atoms with van der Waals surface area (Å²) in [5.74, 6) is 0. The maximum atomic E-state index is 3.53. The monoisotopic (exact) mass is 350 g/mol. The Morgan fingerprint density at radius 1 is 1.36 bits per heavy atom. The van der Waals surface area contributed by atoms with Crippen molar-refractivity contribution >= 4 is 65.0 Å². The molecule has 0 N–H and O–H groups in total. The summed E-state index contributed by atoms with van der Waals surface area (Å²) in [5, 5.41) is 2.28. The second kappa shape index (κ2) is 4.56. The summed E-state index contributed by atoms with van der Waals surface area (Å²) < 4.78 is 2.56. The van der Waals surface area contributed by atoms with Gasteiger partial charge in [-0.05, 0) is 51.3 Å². The van der Waals surface area contributed by atoms with Crippen LogP contribution in [0.25, 0.3) is 10.1 Å². The molecule has 1 aromatic carbocycles. The zero-order valence-electron chi connectivity index (χ0n) is 7.51. The summed E-state index contributed by atoms with van der Waals surface area (Å²) >= 11 is 10.6. The number of halogens is 2. The van der Waals surface area contributed by atoms with Crippen molar-refractivity contribution in [2.75, 3.05) is 6.26 Å². The van der Waals surface area contributed by atoms with Crippen LogP contribution in [0.15, 0.2) is 26.9 Å². The molecule has 0 saturated carbocycles. The third kappa shape index (κ3) is 2.03. The Labute approximate surface area is 108 Å². The van der Waals surface area contributed by atoms with E-state index in [0.29, 0.717) is 0 Å². The minimum atomic E-state index is 0.918. The normalized spacial score (nSPS) is 11.1. The molecule has 0 aliphatic rings. The summed E-state index contributed by atoms with van der Waals surface area (Å²) in [6, 6.07) is 6.70. The average Bonchev–Trinajstić information content (AvgIpc) is 2.56. The molecule has 0 unspecified atom stereocenters. The van der Waals surface area contributed by atoms with Crippen LogP contribution in [0.3, 0.4) is 0 Å². The lowest BCUT2D eigenvalue weighted by atomic mass is 10.1. The van der Waals surface area contributed by atoms with Gasteiger partial charge in [-0.2, -0.15) is 0 Å². The van der Waals surface area contributed by atoms with Crippen molar-refractivity contribution in [2.45, 2.75) is 10.2 Å². The molecule has 1 aromatic heterocycles. The van der Waals surface area contributed by atoms with Gasteiger partial charge in [-0.25, -0.2) is 0 Å². The van der Waals surface area contributed by atoms with Gasteiger partial charge >= 0.3 is 0 Å².